The summed E-state index contributed by atoms with van der Waals surface area (Å²) < 4.78 is 45.1. The number of rotatable bonds is 5. The van der Waals surface area contributed by atoms with Gasteiger partial charge in [-0.3, -0.25) is 9.08 Å². The van der Waals surface area contributed by atoms with Crippen LogP contribution in [0.15, 0.2) is 73.2 Å². The van der Waals surface area contributed by atoms with Gasteiger partial charge in [-0.1, -0.05) is 17.7 Å². The maximum Gasteiger partial charge on any atom is 0.435 e. The van der Waals surface area contributed by atoms with E-state index in [1.807, 2.05) is 0 Å². The summed E-state index contributed by atoms with van der Waals surface area (Å²) >= 11 is 6.08. The van der Waals surface area contributed by atoms with Crippen LogP contribution in [0.1, 0.15) is 5.69 Å². The highest BCUT2D eigenvalue weighted by Crippen LogP contribution is 2.33. The number of hydrogen-bond acceptors (Lipinski definition) is 7. The van der Waals surface area contributed by atoms with Gasteiger partial charge >= 0.3 is 6.18 Å². The Labute approximate surface area is 217 Å². The Kier molecular flexibility index (Phi) is 5.56. The molecule has 0 spiro atoms. The second-order valence-corrected chi connectivity index (χ2v) is 8.64. The van der Waals surface area contributed by atoms with E-state index >= 15 is 0 Å². The molecule has 5 heterocycles. The fourth-order valence-electron chi connectivity index (χ4n) is 3.90. The molecule has 38 heavy (non-hydrogen) atoms. The summed E-state index contributed by atoms with van der Waals surface area (Å²) in [5.74, 6) is 1.27. The molecular formula is C24H16ClF3N10. The van der Waals surface area contributed by atoms with E-state index in [-0.39, 0.29) is 11.5 Å². The molecule has 5 aromatic heterocycles. The van der Waals surface area contributed by atoms with Crippen LogP contribution in [0.25, 0.3) is 34.1 Å². The normalized spacial score (nSPS) is 11.8. The third-order valence-electron chi connectivity index (χ3n) is 5.70. The van der Waals surface area contributed by atoms with E-state index in [2.05, 4.69) is 35.7 Å². The first kappa shape index (κ1) is 23.6. The Morgan fingerprint density at radius 1 is 0.974 bits per heavy atom. The van der Waals surface area contributed by atoms with Gasteiger partial charge in [0.15, 0.2) is 17.2 Å². The number of nitrogens with zero attached hydrogens (tertiary/aromatic N) is 9. The molecular weight excluding hydrogens is 521 g/mol. The Bertz CT molecular complexity index is 1790. The lowest BCUT2D eigenvalue weighted by atomic mass is 10.2. The number of benzene rings is 1. The number of alkyl halides is 3. The first-order valence-corrected chi connectivity index (χ1v) is 11.5. The fourth-order valence-corrected chi connectivity index (χ4v) is 4.08. The molecule has 0 aliphatic heterocycles. The largest absolute Gasteiger partial charge is 0.435 e. The van der Waals surface area contributed by atoms with Gasteiger partial charge in [0, 0.05) is 42.2 Å². The van der Waals surface area contributed by atoms with E-state index in [9.17, 15) is 13.2 Å². The summed E-state index contributed by atoms with van der Waals surface area (Å²) in [5, 5.41) is 19.7. The predicted molar refractivity (Wildman–Crippen MR) is 133 cm³/mol. The van der Waals surface area contributed by atoms with Crippen molar-refractivity contribution < 1.29 is 13.2 Å². The molecule has 190 valence electrons. The van der Waals surface area contributed by atoms with Crippen molar-refractivity contribution in [3.63, 3.8) is 0 Å². The molecule has 6 rings (SSSR count). The first-order chi connectivity index (χ1) is 18.3. The van der Waals surface area contributed by atoms with Gasteiger partial charge in [-0.25, -0.2) is 14.6 Å². The molecule has 0 fully saturated rings. The van der Waals surface area contributed by atoms with Crippen molar-refractivity contribution in [2.24, 2.45) is 7.05 Å². The van der Waals surface area contributed by atoms with Crippen LogP contribution >= 0.6 is 11.6 Å². The summed E-state index contributed by atoms with van der Waals surface area (Å²) in [5.41, 5.74) is 1.13. The monoisotopic (exact) mass is 536 g/mol. The number of aromatic nitrogens is 9. The number of fused-ring (bicyclic) bond motifs is 1. The minimum Gasteiger partial charge on any atom is -0.309 e. The lowest BCUT2D eigenvalue weighted by Gasteiger charge is -2.08. The lowest BCUT2D eigenvalue weighted by Crippen LogP contribution is -2.07. The minimum absolute atomic E-state index is 0.101. The third kappa shape index (κ3) is 4.32. The molecule has 1 aromatic carbocycles. The number of halogens is 4. The number of anilines is 2. The first-order valence-electron chi connectivity index (χ1n) is 11.1. The molecule has 0 bridgehead atoms. The van der Waals surface area contributed by atoms with Gasteiger partial charge in [0.2, 0.25) is 5.95 Å². The van der Waals surface area contributed by atoms with Crippen molar-refractivity contribution in [1.29, 1.82) is 0 Å². The minimum atomic E-state index is -4.65. The Morgan fingerprint density at radius 3 is 2.61 bits per heavy atom. The molecule has 0 atom stereocenters. The molecule has 0 saturated heterocycles. The summed E-state index contributed by atoms with van der Waals surface area (Å²) in [4.78, 5) is 8.80. The van der Waals surface area contributed by atoms with Crippen LogP contribution in [0.5, 0.6) is 0 Å². The van der Waals surface area contributed by atoms with Gasteiger partial charge < -0.3 is 5.32 Å². The summed E-state index contributed by atoms with van der Waals surface area (Å²) in [6, 6.07) is 14.3. The average Bonchev–Trinajstić information content (AvgIpc) is 3.62. The van der Waals surface area contributed by atoms with E-state index in [1.165, 1.54) is 6.07 Å². The highest BCUT2D eigenvalue weighted by Gasteiger charge is 2.36. The van der Waals surface area contributed by atoms with Crippen molar-refractivity contribution in [2.75, 3.05) is 5.32 Å². The smallest absolute Gasteiger partial charge is 0.309 e. The van der Waals surface area contributed by atoms with E-state index in [4.69, 9.17) is 11.6 Å². The number of aryl methyl sites for hydroxylation is 1. The van der Waals surface area contributed by atoms with Crippen molar-refractivity contribution in [3.8, 4) is 28.5 Å². The Balaban J connectivity index is 1.40. The Hall–Kier alpha value is -4.78. The van der Waals surface area contributed by atoms with Crippen LogP contribution in [-0.2, 0) is 13.2 Å². The molecule has 0 unspecified atom stereocenters. The molecule has 14 heteroatoms. The molecule has 10 nitrogen and oxygen atoms in total. The average molecular weight is 537 g/mol. The zero-order valence-corrected chi connectivity index (χ0v) is 20.2. The van der Waals surface area contributed by atoms with Crippen LogP contribution in [0, 0.1) is 0 Å². The van der Waals surface area contributed by atoms with Crippen LogP contribution < -0.4 is 5.32 Å². The second kappa shape index (κ2) is 8.95. The quantitative estimate of drug-likeness (QED) is 0.323. The highest BCUT2D eigenvalue weighted by molar-refractivity contribution is 6.30. The molecule has 0 saturated carbocycles. The van der Waals surface area contributed by atoms with Gasteiger partial charge in [0.25, 0.3) is 0 Å². The van der Waals surface area contributed by atoms with Gasteiger partial charge in [-0.05, 0) is 36.4 Å². The Morgan fingerprint density at radius 2 is 1.84 bits per heavy atom. The summed E-state index contributed by atoms with van der Waals surface area (Å²) in [7, 11) is 1.79. The van der Waals surface area contributed by atoms with Gasteiger partial charge in [0.1, 0.15) is 11.5 Å². The molecule has 0 aliphatic carbocycles. The number of pyridine rings is 1. The van der Waals surface area contributed by atoms with Crippen LogP contribution in [0.4, 0.5) is 24.9 Å². The van der Waals surface area contributed by atoms with Gasteiger partial charge in [0.05, 0.1) is 17.6 Å². The van der Waals surface area contributed by atoms with Crippen molar-refractivity contribution in [3.05, 3.63) is 83.9 Å². The fraction of sp³-hybridized carbons (Fsp3) is 0.0833. The van der Waals surface area contributed by atoms with Crippen molar-refractivity contribution >= 4 is 29.0 Å². The molecule has 6 aromatic rings. The number of nitrogens with one attached hydrogen (secondary N) is 1. The zero-order chi connectivity index (χ0) is 26.4. The summed E-state index contributed by atoms with van der Waals surface area (Å²) in [6.45, 7) is 0. The van der Waals surface area contributed by atoms with Crippen LogP contribution in [-0.4, -0.2) is 44.1 Å². The van der Waals surface area contributed by atoms with E-state index in [0.717, 1.165) is 10.7 Å². The molecule has 0 aliphatic rings. The van der Waals surface area contributed by atoms with Gasteiger partial charge in [-0.2, -0.15) is 23.4 Å². The summed E-state index contributed by atoms with van der Waals surface area (Å²) in [6.07, 6.45) is 0.279. The lowest BCUT2D eigenvalue weighted by molar-refractivity contribution is -0.141. The SMILES string of the molecule is Cn1nccc1Nc1nccc(-c2ccn3c(-c4cc(C(F)(F)F)nn4-c4cccc(Cl)c4)nnc3c2)n1. The van der Waals surface area contributed by atoms with Gasteiger partial charge in [-0.15, -0.1) is 10.2 Å². The maximum atomic E-state index is 13.6. The number of hydrogen-bond donors (Lipinski definition) is 1. The molecule has 1 N–H and O–H groups in total. The molecule has 0 radical (unpaired) electrons. The van der Waals surface area contributed by atoms with E-state index in [1.54, 1.807) is 77.2 Å². The topological polar surface area (TPSA) is 104 Å². The standard InChI is InChI=1S/C24H16ClF3N10/c1-36-20(6-9-30-36)32-23-29-8-5-17(31-23)14-7-10-37-21(11-14)33-34-22(37)18-13-19(24(26,27)28)35-38(18)16-4-2-3-15(25)12-16/h2-13H,1H3,(H,29,31,32). The van der Waals surface area contributed by atoms with Crippen LogP contribution in [0.3, 0.4) is 0 Å². The third-order valence-corrected chi connectivity index (χ3v) is 5.94. The van der Waals surface area contributed by atoms with E-state index < -0.39 is 11.9 Å². The van der Waals surface area contributed by atoms with Crippen molar-refractivity contribution in [1.82, 2.24) is 44.1 Å². The predicted octanol–water partition coefficient (Wildman–Crippen LogP) is 5.19. The zero-order valence-electron chi connectivity index (χ0n) is 19.5. The highest BCUT2D eigenvalue weighted by atomic mass is 35.5. The van der Waals surface area contributed by atoms with Crippen LogP contribution in [0.2, 0.25) is 5.02 Å². The maximum absolute atomic E-state index is 13.6. The van der Waals surface area contributed by atoms with E-state index in [0.29, 0.717) is 39.4 Å². The van der Waals surface area contributed by atoms with Crippen molar-refractivity contribution in [2.45, 2.75) is 6.18 Å². The second-order valence-electron chi connectivity index (χ2n) is 8.20. The molecule has 0 amide bonds.